The summed E-state index contributed by atoms with van der Waals surface area (Å²) in [5, 5.41) is 3.77. The summed E-state index contributed by atoms with van der Waals surface area (Å²) in [4.78, 5) is 38.8. The maximum absolute atomic E-state index is 13.3. The highest BCUT2D eigenvalue weighted by atomic mass is 35.5. The molecule has 4 amide bonds. The number of alkyl halides is 3. The van der Waals surface area contributed by atoms with Crippen molar-refractivity contribution in [1.82, 2.24) is 5.32 Å². The first-order valence-corrected chi connectivity index (χ1v) is 13.0. The van der Waals surface area contributed by atoms with Crippen molar-refractivity contribution in [1.29, 1.82) is 0 Å². The van der Waals surface area contributed by atoms with Gasteiger partial charge in [0.05, 0.1) is 28.4 Å². The SMILES string of the molecule is COc1cc(/C=C2/C(=O)NC(=O)N(c3cc(C(F)(F)F)ccc3Cl)C2=O)cc(Cl)c1OCc1cccc2ccccc12. The molecule has 0 radical (unpaired) electrons. The van der Waals surface area contributed by atoms with Crippen LogP contribution in [0.15, 0.2) is 78.4 Å². The number of halogens is 5. The van der Waals surface area contributed by atoms with E-state index >= 15 is 0 Å². The Morgan fingerprint density at radius 1 is 0.929 bits per heavy atom. The van der Waals surface area contributed by atoms with Crippen molar-refractivity contribution in [2.45, 2.75) is 12.8 Å². The van der Waals surface area contributed by atoms with Crippen LogP contribution < -0.4 is 19.7 Å². The number of carbonyl (C=O) groups is 3. The molecule has 0 unspecified atom stereocenters. The molecule has 1 aliphatic rings. The number of benzene rings is 4. The van der Waals surface area contributed by atoms with Gasteiger partial charge in [-0.05, 0) is 58.3 Å². The number of anilines is 1. The number of fused-ring (bicyclic) bond motifs is 1. The summed E-state index contributed by atoms with van der Waals surface area (Å²) >= 11 is 12.6. The van der Waals surface area contributed by atoms with E-state index in [1.54, 1.807) is 0 Å². The van der Waals surface area contributed by atoms with Gasteiger partial charge in [-0.2, -0.15) is 13.2 Å². The van der Waals surface area contributed by atoms with E-state index in [0.29, 0.717) is 17.0 Å². The highest BCUT2D eigenvalue weighted by Crippen LogP contribution is 2.39. The molecule has 1 aliphatic heterocycles. The van der Waals surface area contributed by atoms with E-state index in [4.69, 9.17) is 32.7 Å². The van der Waals surface area contributed by atoms with Gasteiger partial charge in [0.1, 0.15) is 12.2 Å². The molecule has 4 aromatic carbocycles. The van der Waals surface area contributed by atoms with Crippen molar-refractivity contribution in [2.75, 3.05) is 12.0 Å². The van der Waals surface area contributed by atoms with Crippen LogP contribution in [0, 0.1) is 0 Å². The first-order chi connectivity index (χ1) is 20.0. The quantitative estimate of drug-likeness (QED) is 0.180. The Bertz CT molecular complexity index is 1780. The van der Waals surface area contributed by atoms with Gasteiger partial charge in [0.15, 0.2) is 11.5 Å². The topological polar surface area (TPSA) is 84.9 Å². The second-order valence-electron chi connectivity index (χ2n) is 9.08. The lowest BCUT2D eigenvalue weighted by atomic mass is 10.0. The molecule has 4 aromatic rings. The van der Waals surface area contributed by atoms with Gasteiger partial charge in [-0.15, -0.1) is 0 Å². The normalized spacial score (nSPS) is 14.9. The molecule has 1 N–H and O–H groups in total. The van der Waals surface area contributed by atoms with Gasteiger partial charge in [-0.3, -0.25) is 14.9 Å². The van der Waals surface area contributed by atoms with E-state index in [0.717, 1.165) is 28.5 Å². The average molecular weight is 615 g/mol. The molecule has 5 rings (SSSR count). The van der Waals surface area contributed by atoms with Gasteiger partial charge in [-0.25, -0.2) is 9.69 Å². The zero-order valence-corrected chi connectivity index (χ0v) is 23.1. The smallest absolute Gasteiger partial charge is 0.416 e. The fourth-order valence-corrected chi connectivity index (χ4v) is 4.91. The van der Waals surface area contributed by atoms with E-state index in [1.807, 2.05) is 47.8 Å². The number of ether oxygens (including phenoxy) is 2. The van der Waals surface area contributed by atoms with Crippen molar-refractivity contribution in [3.8, 4) is 11.5 Å². The highest BCUT2D eigenvalue weighted by Gasteiger charge is 2.39. The minimum Gasteiger partial charge on any atom is -0.493 e. The van der Waals surface area contributed by atoms with Gasteiger partial charge in [0.2, 0.25) is 0 Å². The number of hydrogen-bond acceptors (Lipinski definition) is 5. The summed E-state index contributed by atoms with van der Waals surface area (Å²) in [6.45, 7) is 0.160. The number of carbonyl (C=O) groups excluding carboxylic acids is 3. The van der Waals surface area contributed by atoms with Crippen molar-refractivity contribution in [3.63, 3.8) is 0 Å². The summed E-state index contributed by atoms with van der Waals surface area (Å²) in [5.41, 5.74) is -1.11. The van der Waals surface area contributed by atoms with Crippen molar-refractivity contribution in [3.05, 3.63) is 105 Å². The van der Waals surface area contributed by atoms with E-state index < -0.39 is 40.8 Å². The Hall–Kier alpha value is -4.54. The summed E-state index contributed by atoms with van der Waals surface area (Å²) in [7, 11) is 1.38. The third-order valence-corrected chi connectivity index (χ3v) is 7.03. The third kappa shape index (κ3) is 5.63. The molecule has 7 nitrogen and oxygen atoms in total. The number of hydrogen-bond donors (Lipinski definition) is 1. The van der Waals surface area contributed by atoms with Gasteiger partial charge >= 0.3 is 12.2 Å². The number of nitrogens with one attached hydrogen (secondary N) is 1. The van der Waals surface area contributed by atoms with E-state index in [2.05, 4.69) is 0 Å². The molecule has 0 aliphatic carbocycles. The summed E-state index contributed by atoms with van der Waals surface area (Å²) < 4.78 is 51.3. The van der Waals surface area contributed by atoms with Crippen LogP contribution in [0.5, 0.6) is 11.5 Å². The summed E-state index contributed by atoms with van der Waals surface area (Å²) in [6, 6.07) is 17.4. The van der Waals surface area contributed by atoms with Gasteiger partial charge in [0, 0.05) is 0 Å². The van der Waals surface area contributed by atoms with Crippen LogP contribution in [-0.4, -0.2) is 25.0 Å². The van der Waals surface area contributed by atoms with Crippen molar-refractivity contribution >= 4 is 63.6 Å². The molecule has 12 heteroatoms. The van der Waals surface area contributed by atoms with Crippen LogP contribution in [0.2, 0.25) is 10.0 Å². The van der Waals surface area contributed by atoms with Crippen LogP contribution in [0.3, 0.4) is 0 Å². The maximum Gasteiger partial charge on any atom is 0.416 e. The molecular weight excluding hydrogens is 596 g/mol. The van der Waals surface area contributed by atoms with Crippen LogP contribution in [-0.2, 0) is 22.4 Å². The van der Waals surface area contributed by atoms with E-state index in [1.165, 1.54) is 19.2 Å². The molecule has 0 spiro atoms. The highest BCUT2D eigenvalue weighted by molar-refractivity contribution is 6.42. The molecule has 1 saturated heterocycles. The first-order valence-electron chi connectivity index (χ1n) is 12.2. The Morgan fingerprint density at radius 3 is 2.40 bits per heavy atom. The predicted octanol–water partition coefficient (Wildman–Crippen LogP) is 7.42. The Labute approximate surface area is 247 Å². The molecule has 42 heavy (non-hydrogen) atoms. The first kappa shape index (κ1) is 29.0. The van der Waals surface area contributed by atoms with Crippen LogP contribution in [0.1, 0.15) is 16.7 Å². The number of nitrogens with zero attached hydrogens (tertiary/aromatic N) is 1. The lowest BCUT2D eigenvalue weighted by molar-refractivity contribution is -0.137. The zero-order valence-electron chi connectivity index (χ0n) is 21.6. The summed E-state index contributed by atoms with van der Waals surface area (Å²) in [6.07, 6.45) is -3.64. The zero-order chi connectivity index (χ0) is 30.2. The number of methoxy groups -OCH3 is 1. The largest absolute Gasteiger partial charge is 0.493 e. The van der Waals surface area contributed by atoms with E-state index in [9.17, 15) is 27.6 Å². The van der Waals surface area contributed by atoms with Crippen LogP contribution >= 0.6 is 23.2 Å². The predicted molar refractivity (Wildman–Crippen MR) is 152 cm³/mol. The van der Waals surface area contributed by atoms with Gasteiger partial charge in [0.25, 0.3) is 11.8 Å². The lowest BCUT2D eigenvalue weighted by Crippen LogP contribution is -2.54. The number of imide groups is 2. The second kappa shape index (κ2) is 11.4. The molecule has 214 valence electrons. The number of rotatable bonds is 6. The molecular formula is C30H19Cl2F3N2O5. The number of barbiturate groups is 1. The molecule has 1 heterocycles. The minimum atomic E-state index is -4.77. The van der Waals surface area contributed by atoms with E-state index in [-0.39, 0.29) is 33.7 Å². The monoisotopic (exact) mass is 614 g/mol. The Balaban J connectivity index is 1.47. The fraction of sp³-hybridized carbons (Fsp3) is 0.100. The maximum atomic E-state index is 13.3. The third-order valence-electron chi connectivity index (χ3n) is 6.43. The summed E-state index contributed by atoms with van der Waals surface area (Å²) in [5.74, 6) is -1.85. The Morgan fingerprint density at radius 2 is 1.67 bits per heavy atom. The molecule has 0 saturated carbocycles. The number of urea groups is 1. The minimum absolute atomic E-state index is 0.0963. The van der Waals surface area contributed by atoms with Crippen LogP contribution in [0.4, 0.5) is 23.7 Å². The van der Waals surface area contributed by atoms with Crippen molar-refractivity contribution < 1.29 is 37.0 Å². The molecule has 0 aromatic heterocycles. The number of amides is 4. The molecule has 1 fully saturated rings. The Kier molecular flexibility index (Phi) is 7.85. The molecule has 0 atom stereocenters. The fourth-order valence-electron chi connectivity index (χ4n) is 4.43. The standard InChI is InChI=1S/C30H19Cl2F3N2O5/c1-41-25-13-16(12-23(32)26(25)42-15-18-7-4-6-17-5-2-3-8-20(17)18)11-21-27(38)36-29(40)37(28(21)39)24-14-19(30(33,34)35)9-10-22(24)31/h2-14H,15H2,1H3,(H,36,38,40)/b21-11-. The van der Waals surface area contributed by atoms with Crippen LogP contribution in [0.25, 0.3) is 16.8 Å². The van der Waals surface area contributed by atoms with Gasteiger partial charge in [-0.1, -0.05) is 65.7 Å². The second-order valence-corrected chi connectivity index (χ2v) is 9.90. The molecule has 0 bridgehead atoms. The average Bonchev–Trinajstić information content (AvgIpc) is 2.94. The van der Waals surface area contributed by atoms with Gasteiger partial charge < -0.3 is 9.47 Å². The van der Waals surface area contributed by atoms with Crippen molar-refractivity contribution in [2.24, 2.45) is 0 Å². The lowest BCUT2D eigenvalue weighted by Gasteiger charge is -2.27.